The molecule has 0 saturated carbocycles. The number of carbonyl (C=O) groups is 1. The average Bonchev–Trinajstić information content (AvgIpc) is 3.08. The number of aromatic amines is 1. The first-order valence-electron chi connectivity index (χ1n) is 8.72. The van der Waals surface area contributed by atoms with Gasteiger partial charge in [0.15, 0.2) is 0 Å². The van der Waals surface area contributed by atoms with Crippen molar-refractivity contribution in [1.29, 1.82) is 0 Å². The minimum absolute atomic E-state index is 0.162. The van der Waals surface area contributed by atoms with Gasteiger partial charge in [-0.25, -0.2) is 14.8 Å². The van der Waals surface area contributed by atoms with Gasteiger partial charge < -0.3 is 14.6 Å². The van der Waals surface area contributed by atoms with Crippen LogP contribution in [-0.4, -0.2) is 57.7 Å². The molecule has 4 rings (SSSR count). The number of anilines is 1. The minimum atomic E-state index is -0.162. The molecule has 0 aliphatic carbocycles. The number of nitrogens with one attached hydrogen (secondary N) is 1. The van der Waals surface area contributed by atoms with Gasteiger partial charge in [-0.1, -0.05) is 13.8 Å². The number of hydrogen-bond donors (Lipinski definition) is 1. The second-order valence-corrected chi connectivity index (χ2v) is 8.41. The van der Waals surface area contributed by atoms with Crippen LogP contribution in [0.2, 0.25) is 0 Å². The van der Waals surface area contributed by atoms with Crippen LogP contribution in [0.4, 0.5) is 10.6 Å². The van der Waals surface area contributed by atoms with E-state index >= 15 is 0 Å². The Morgan fingerprint density at radius 2 is 2.08 bits per heavy atom. The summed E-state index contributed by atoms with van der Waals surface area (Å²) in [5.41, 5.74) is 0.862. The molecule has 2 aliphatic rings. The van der Waals surface area contributed by atoms with E-state index in [1.54, 1.807) is 6.33 Å². The monoisotopic (exact) mass is 455 g/mol. The second kappa shape index (κ2) is 6.62. The Hall–Kier alpha value is -1.58. The lowest BCUT2D eigenvalue weighted by molar-refractivity contribution is 0.0704. The highest BCUT2D eigenvalue weighted by molar-refractivity contribution is 14.1. The van der Waals surface area contributed by atoms with E-state index in [0.717, 1.165) is 46.5 Å². The van der Waals surface area contributed by atoms with Crippen LogP contribution < -0.4 is 4.90 Å². The van der Waals surface area contributed by atoms with E-state index in [-0.39, 0.29) is 18.2 Å². The third-order valence-corrected chi connectivity index (χ3v) is 5.49. The van der Waals surface area contributed by atoms with Gasteiger partial charge in [0.05, 0.1) is 27.8 Å². The number of nitrogens with zero attached hydrogens (tertiary/aromatic N) is 4. The van der Waals surface area contributed by atoms with E-state index in [1.165, 1.54) is 0 Å². The zero-order chi connectivity index (χ0) is 17.6. The fourth-order valence-electron chi connectivity index (χ4n) is 3.83. The lowest BCUT2D eigenvalue weighted by Gasteiger charge is -2.41. The smallest absolute Gasteiger partial charge is 0.410 e. The van der Waals surface area contributed by atoms with Crippen molar-refractivity contribution in [2.24, 2.45) is 5.92 Å². The van der Waals surface area contributed by atoms with Gasteiger partial charge in [0, 0.05) is 13.1 Å². The molecule has 134 valence electrons. The molecule has 25 heavy (non-hydrogen) atoms. The molecular weight excluding hydrogens is 433 g/mol. The number of fused-ring (bicyclic) bond motifs is 3. The molecule has 1 amide bonds. The van der Waals surface area contributed by atoms with Crippen molar-refractivity contribution in [2.75, 3.05) is 24.6 Å². The number of hydrogen-bond acceptors (Lipinski definition) is 5. The molecule has 2 saturated heterocycles. The van der Waals surface area contributed by atoms with Gasteiger partial charge in [0.25, 0.3) is 0 Å². The largest absolute Gasteiger partial charge is 0.449 e. The number of aromatic nitrogens is 3. The Labute approximate surface area is 160 Å². The Morgan fingerprint density at radius 3 is 2.76 bits per heavy atom. The van der Waals surface area contributed by atoms with E-state index in [1.807, 2.05) is 4.90 Å². The quantitative estimate of drug-likeness (QED) is 0.721. The van der Waals surface area contributed by atoms with Crippen LogP contribution in [-0.2, 0) is 4.74 Å². The van der Waals surface area contributed by atoms with Crippen LogP contribution in [0.25, 0.3) is 11.0 Å². The summed E-state index contributed by atoms with van der Waals surface area (Å²) in [6.07, 6.45) is 3.49. The van der Waals surface area contributed by atoms with E-state index in [9.17, 15) is 4.79 Å². The number of amides is 1. The van der Waals surface area contributed by atoms with Crippen LogP contribution in [0.3, 0.4) is 0 Å². The number of ether oxygens (including phenoxy) is 1. The molecule has 0 spiro atoms. The van der Waals surface area contributed by atoms with Crippen molar-refractivity contribution in [1.82, 2.24) is 19.9 Å². The molecule has 7 nitrogen and oxygen atoms in total. The van der Waals surface area contributed by atoms with Crippen LogP contribution in [0.15, 0.2) is 12.4 Å². The first-order valence-corrected chi connectivity index (χ1v) is 9.80. The van der Waals surface area contributed by atoms with Crippen LogP contribution >= 0.6 is 22.6 Å². The first-order chi connectivity index (χ1) is 12.0. The van der Waals surface area contributed by atoms with Crippen LogP contribution in [0.5, 0.6) is 0 Å². The summed E-state index contributed by atoms with van der Waals surface area (Å²) in [5, 5.41) is 1.04. The van der Waals surface area contributed by atoms with Gasteiger partial charge in [-0.15, -0.1) is 0 Å². The summed E-state index contributed by atoms with van der Waals surface area (Å²) in [6.45, 7) is 6.17. The lowest BCUT2D eigenvalue weighted by Crippen LogP contribution is -2.56. The normalized spacial score (nSPS) is 22.9. The summed E-state index contributed by atoms with van der Waals surface area (Å²) >= 11 is 2.26. The number of piperazine rings is 1. The molecule has 2 fully saturated rings. The van der Waals surface area contributed by atoms with Crippen molar-refractivity contribution in [3.8, 4) is 0 Å². The zero-order valence-corrected chi connectivity index (χ0v) is 16.6. The fraction of sp³-hybridized carbons (Fsp3) is 0.588. The molecule has 4 heterocycles. The maximum atomic E-state index is 12.5. The standard InChI is InChI=1S/C17H22IN5O2/c1-10(2)8-25-17(24)23-11-3-4-12(23)7-22(6-11)16-13-5-14(18)21-15(13)19-9-20-16/h5,9-12H,3-4,6-8H2,1-2H3,(H,19,20,21). The minimum Gasteiger partial charge on any atom is -0.449 e. The van der Waals surface area contributed by atoms with Crippen molar-refractivity contribution in [2.45, 2.75) is 38.8 Å². The van der Waals surface area contributed by atoms with Crippen molar-refractivity contribution in [3.05, 3.63) is 16.1 Å². The molecule has 2 bridgehead atoms. The van der Waals surface area contributed by atoms with E-state index < -0.39 is 0 Å². The van der Waals surface area contributed by atoms with Crippen LogP contribution in [0, 0.1) is 9.62 Å². The Morgan fingerprint density at radius 1 is 1.36 bits per heavy atom. The number of rotatable bonds is 3. The molecule has 2 aromatic heterocycles. The summed E-state index contributed by atoms with van der Waals surface area (Å²) < 4.78 is 6.52. The van der Waals surface area contributed by atoms with Gasteiger partial charge >= 0.3 is 6.09 Å². The molecule has 0 radical (unpaired) electrons. The number of H-pyrrole nitrogens is 1. The zero-order valence-electron chi connectivity index (χ0n) is 14.4. The van der Waals surface area contributed by atoms with Crippen LogP contribution in [0.1, 0.15) is 26.7 Å². The molecule has 0 aromatic carbocycles. The predicted molar refractivity (Wildman–Crippen MR) is 104 cm³/mol. The second-order valence-electron chi connectivity index (χ2n) is 7.24. The highest BCUT2D eigenvalue weighted by Gasteiger charge is 2.44. The molecule has 8 heteroatoms. The van der Waals surface area contributed by atoms with Gasteiger partial charge in [0.1, 0.15) is 17.8 Å². The topological polar surface area (TPSA) is 74.3 Å². The molecular formula is C17H22IN5O2. The van der Waals surface area contributed by atoms with E-state index in [4.69, 9.17) is 4.74 Å². The maximum absolute atomic E-state index is 12.5. The maximum Gasteiger partial charge on any atom is 0.410 e. The SMILES string of the molecule is CC(C)COC(=O)N1C2CCC1CN(c1ncnc3[nH]c(I)cc13)C2. The first kappa shape index (κ1) is 16.9. The fourth-order valence-corrected chi connectivity index (χ4v) is 4.40. The third-order valence-electron chi connectivity index (χ3n) is 4.90. The Bertz CT molecular complexity index is 778. The summed E-state index contributed by atoms with van der Waals surface area (Å²) in [6, 6.07) is 2.47. The molecule has 2 atom stereocenters. The molecule has 2 aromatic rings. The molecule has 2 unspecified atom stereocenters. The van der Waals surface area contributed by atoms with Crippen molar-refractivity contribution in [3.63, 3.8) is 0 Å². The Kier molecular flexibility index (Phi) is 4.47. The molecule has 2 aliphatic heterocycles. The third kappa shape index (κ3) is 3.16. The number of halogens is 1. The summed E-state index contributed by atoms with van der Waals surface area (Å²) in [4.78, 5) is 28.8. The lowest BCUT2D eigenvalue weighted by atomic mass is 10.2. The number of carbonyl (C=O) groups excluding carboxylic acids is 1. The van der Waals surface area contributed by atoms with E-state index in [2.05, 4.69) is 62.4 Å². The highest BCUT2D eigenvalue weighted by atomic mass is 127. The van der Waals surface area contributed by atoms with Gasteiger partial charge in [-0.3, -0.25) is 4.90 Å². The average molecular weight is 455 g/mol. The summed E-state index contributed by atoms with van der Waals surface area (Å²) in [7, 11) is 0. The Balaban J connectivity index is 1.54. The van der Waals surface area contributed by atoms with Crippen molar-refractivity contribution >= 4 is 45.5 Å². The summed E-state index contributed by atoms with van der Waals surface area (Å²) in [5.74, 6) is 1.31. The van der Waals surface area contributed by atoms with E-state index in [0.29, 0.717) is 12.5 Å². The van der Waals surface area contributed by atoms with Gasteiger partial charge in [-0.2, -0.15) is 0 Å². The van der Waals surface area contributed by atoms with Gasteiger partial charge in [0.2, 0.25) is 0 Å². The van der Waals surface area contributed by atoms with Gasteiger partial charge in [-0.05, 0) is 47.4 Å². The highest BCUT2D eigenvalue weighted by Crippen LogP contribution is 2.34. The molecule has 1 N–H and O–H groups in total. The van der Waals surface area contributed by atoms with Crippen molar-refractivity contribution < 1.29 is 9.53 Å². The predicted octanol–water partition coefficient (Wildman–Crippen LogP) is 3.01.